The summed E-state index contributed by atoms with van der Waals surface area (Å²) in [7, 11) is 5.21. The number of nitrogens with zero attached hydrogens (tertiary/aromatic N) is 3. The maximum absolute atomic E-state index is 13.3. The van der Waals surface area contributed by atoms with Gasteiger partial charge in [0.15, 0.2) is 11.5 Å². The molecule has 4 rings (SSSR count). The molecular weight excluding hydrogens is 487 g/mol. The van der Waals surface area contributed by atoms with Crippen LogP contribution in [-0.2, 0) is 12.7 Å². The average Bonchev–Trinajstić information content (AvgIpc) is 3.32. The van der Waals surface area contributed by atoms with Gasteiger partial charge in [0, 0.05) is 37.3 Å². The zero-order valence-electron chi connectivity index (χ0n) is 20.7. The summed E-state index contributed by atoms with van der Waals surface area (Å²) in [6, 6.07) is 12.2. The van der Waals surface area contributed by atoms with Crippen LogP contribution in [0.5, 0.6) is 5.75 Å². The molecule has 2 heterocycles. The van der Waals surface area contributed by atoms with E-state index in [1.807, 2.05) is 43.3 Å². The Morgan fingerprint density at radius 2 is 1.81 bits per heavy atom. The minimum Gasteiger partial charge on any atom is -0.494 e. The van der Waals surface area contributed by atoms with Crippen LogP contribution in [0.25, 0.3) is 22.4 Å². The van der Waals surface area contributed by atoms with Gasteiger partial charge in [-0.05, 0) is 48.9 Å². The maximum atomic E-state index is 13.3. The third-order valence-corrected chi connectivity index (χ3v) is 5.75. The Kier molecular flexibility index (Phi) is 7.08. The molecule has 1 atom stereocenters. The first-order valence-electron chi connectivity index (χ1n) is 11.4. The predicted molar refractivity (Wildman–Crippen MR) is 133 cm³/mol. The van der Waals surface area contributed by atoms with E-state index >= 15 is 0 Å². The van der Waals surface area contributed by atoms with Crippen molar-refractivity contribution in [2.75, 3.05) is 26.1 Å². The van der Waals surface area contributed by atoms with Gasteiger partial charge in [-0.25, -0.2) is 9.97 Å². The molecule has 2 aromatic carbocycles. The SMILES string of the molecule is COc1ccc(-c2nc(C(=O)NCc3ccc(N(C)C)cc3)c([C@H](C)N)o2)c2ccc(C(F)(F)F)nc12. The fraction of sp³-hybridized carbons (Fsp3) is 0.269. The van der Waals surface area contributed by atoms with Gasteiger partial charge >= 0.3 is 6.18 Å². The molecule has 0 saturated carbocycles. The minimum absolute atomic E-state index is 0.00116. The number of anilines is 1. The van der Waals surface area contributed by atoms with Crippen LogP contribution < -0.4 is 20.7 Å². The molecule has 0 saturated heterocycles. The van der Waals surface area contributed by atoms with Crippen molar-refractivity contribution < 1.29 is 27.1 Å². The molecule has 0 spiro atoms. The normalized spacial score (nSPS) is 12.4. The summed E-state index contributed by atoms with van der Waals surface area (Å²) in [5.41, 5.74) is 7.23. The van der Waals surface area contributed by atoms with Crippen LogP contribution in [0.4, 0.5) is 18.9 Å². The second-order valence-corrected chi connectivity index (χ2v) is 8.67. The predicted octanol–water partition coefficient (Wildman–Crippen LogP) is 4.93. The highest BCUT2D eigenvalue weighted by Crippen LogP contribution is 2.37. The van der Waals surface area contributed by atoms with E-state index in [1.165, 1.54) is 19.2 Å². The molecule has 0 unspecified atom stereocenters. The highest BCUT2D eigenvalue weighted by molar-refractivity contribution is 5.98. The van der Waals surface area contributed by atoms with Crippen molar-refractivity contribution in [3.05, 3.63) is 71.2 Å². The summed E-state index contributed by atoms with van der Waals surface area (Å²) in [5.74, 6) is -0.155. The largest absolute Gasteiger partial charge is 0.494 e. The molecule has 0 aliphatic heterocycles. The maximum Gasteiger partial charge on any atom is 0.433 e. The van der Waals surface area contributed by atoms with Crippen LogP contribution in [0.1, 0.15) is 40.5 Å². The van der Waals surface area contributed by atoms with Gasteiger partial charge in [0.2, 0.25) is 5.89 Å². The summed E-state index contributed by atoms with van der Waals surface area (Å²) in [5, 5.41) is 3.13. The fourth-order valence-corrected chi connectivity index (χ4v) is 3.80. The summed E-state index contributed by atoms with van der Waals surface area (Å²) in [4.78, 5) is 23.1. The smallest absolute Gasteiger partial charge is 0.433 e. The van der Waals surface area contributed by atoms with E-state index in [-0.39, 0.29) is 35.2 Å². The van der Waals surface area contributed by atoms with Crippen molar-refractivity contribution in [1.82, 2.24) is 15.3 Å². The lowest BCUT2D eigenvalue weighted by Gasteiger charge is -2.13. The fourth-order valence-electron chi connectivity index (χ4n) is 3.80. The van der Waals surface area contributed by atoms with E-state index in [0.717, 1.165) is 17.3 Å². The van der Waals surface area contributed by atoms with Gasteiger partial charge in [-0.3, -0.25) is 4.79 Å². The molecule has 4 aromatic rings. The summed E-state index contributed by atoms with van der Waals surface area (Å²) in [6.07, 6.45) is -4.63. The van der Waals surface area contributed by atoms with Gasteiger partial charge in [-0.15, -0.1) is 0 Å². The summed E-state index contributed by atoms with van der Waals surface area (Å²) < 4.78 is 50.9. The van der Waals surface area contributed by atoms with E-state index in [2.05, 4.69) is 15.3 Å². The number of amides is 1. The van der Waals surface area contributed by atoms with E-state index in [0.29, 0.717) is 10.9 Å². The minimum atomic E-state index is -4.63. The molecule has 0 fully saturated rings. The number of oxazole rings is 1. The van der Waals surface area contributed by atoms with Crippen molar-refractivity contribution in [2.24, 2.45) is 5.73 Å². The van der Waals surface area contributed by atoms with Crippen molar-refractivity contribution >= 4 is 22.5 Å². The van der Waals surface area contributed by atoms with Crippen molar-refractivity contribution in [1.29, 1.82) is 0 Å². The van der Waals surface area contributed by atoms with Gasteiger partial charge in [0.25, 0.3) is 5.91 Å². The van der Waals surface area contributed by atoms with Crippen LogP contribution in [0.2, 0.25) is 0 Å². The molecule has 3 N–H and O–H groups in total. The lowest BCUT2D eigenvalue weighted by atomic mass is 10.1. The van der Waals surface area contributed by atoms with Crippen molar-refractivity contribution in [3.63, 3.8) is 0 Å². The number of carbonyl (C=O) groups is 1. The molecule has 2 aromatic heterocycles. The Bertz CT molecular complexity index is 1430. The second kappa shape index (κ2) is 10.1. The van der Waals surface area contributed by atoms with E-state index in [9.17, 15) is 18.0 Å². The monoisotopic (exact) mass is 513 g/mol. The summed E-state index contributed by atoms with van der Waals surface area (Å²) >= 11 is 0. The molecule has 0 radical (unpaired) electrons. The van der Waals surface area contributed by atoms with E-state index in [4.69, 9.17) is 14.9 Å². The van der Waals surface area contributed by atoms with Crippen LogP contribution >= 0.6 is 0 Å². The number of ether oxygens (including phenoxy) is 1. The number of fused-ring (bicyclic) bond motifs is 1. The first-order chi connectivity index (χ1) is 17.5. The number of benzene rings is 2. The average molecular weight is 514 g/mol. The Morgan fingerprint density at radius 1 is 1.11 bits per heavy atom. The number of nitrogens with two attached hydrogens (primary N) is 1. The van der Waals surface area contributed by atoms with Gasteiger partial charge in [0.1, 0.15) is 17.0 Å². The zero-order chi connectivity index (χ0) is 26.9. The van der Waals surface area contributed by atoms with Gasteiger partial charge in [-0.1, -0.05) is 12.1 Å². The third-order valence-electron chi connectivity index (χ3n) is 5.75. The molecule has 0 aliphatic rings. The molecule has 0 bridgehead atoms. The van der Waals surface area contributed by atoms with E-state index < -0.39 is 23.8 Å². The molecule has 194 valence electrons. The molecule has 8 nitrogen and oxygen atoms in total. The molecule has 0 aliphatic carbocycles. The lowest BCUT2D eigenvalue weighted by Crippen LogP contribution is -2.25. The lowest BCUT2D eigenvalue weighted by molar-refractivity contribution is -0.140. The van der Waals surface area contributed by atoms with Crippen molar-refractivity contribution in [2.45, 2.75) is 25.7 Å². The summed E-state index contributed by atoms with van der Waals surface area (Å²) in [6.45, 7) is 1.90. The molecule has 1 amide bonds. The Balaban J connectivity index is 1.68. The van der Waals surface area contributed by atoms with Crippen LogP contribution in [0.15, 0.2) is 52.9 Å². The zero-order valence-corrected chi connectivity index (χ0v) is 20.7. The number of hydrogen-bond donors (Lipinski definition) is 2. The molecule has 11 heteroatoms. The second-order valence-electron chi connectivity index (χ2n) is 8.67. The first-order valence-corrected chi connectivity index (χ1v) is 11.4. The Morgan fingerprint density at radius 3 is 2.41 bits per heavy atom. The van der Waals surface area contributed by atoms with E-state index in [1.54, 1.807) is 13.0 Å². The van der Waals surface area contributed by atoms with Crippen LogP contribution in [0.3, 0.4) is 0 Å². The standard InChI is InChI=1S/C26H26F3N5O3/c1-14(30)23-22(24(35)31-13-15-5-7-16(8-6-15)34(2)3)33-25(37-23)18-9-11-19(36-4)21-17(18)10-12-20(32-21)26(27,28)29/h5-12,14H,13,30H2,1-4H3,(H,31,35)/t14-/m0/s1. The molecule has 37 heavy (non-hydrogen) atoms. The number of rotatable bonds is 7. The number of pyridine rings is 1. The van der Waals surface area contributed by atoms with Gasteiger partial charge in [0.05, 0.1) is 13.2 Å². The number of hydrogen-bond acceptors (Lipinski definition) is 7. The van der Waals surface area contributed by atoms with Gasteiger partial charge in [-0.2, -0.15) is 13.2 Å². The third kappa shape index (κ3) is 5.36. The number of halogens is 3. The topological polar surface area (TPSA) is 107 Å². The number of nitrogens with one attached hydrogen (secondary N) is 1. The highest BCUT2D eigenvalue weighted by atomic mass is 19.4. The number of carbonyl (C=O) groups excluding carboxylic acids is 1. The Hall–Kier alpha value is -4.12. The quantitative estimate of drug-likeness (QED) is 0.361. The highest BCUT2D eigenvalue weighted by Gasteiger charge is 2.33. The first kappa shape index (κ1) is 26.0. The van der Waals surface area contributed by atoms with Crippen LogP contribution in [0, 0.1) is 0 Å². The molecular formula is C26H26F3N5O3. The van der Waals surface area contributed by atoms with Crippen LogP contribution in [-0.4, -0.2) is 37.1 Å². The Labute approximate surface area is 211 Å². The number of aromatic nitrogens is 2. The number of methoxy groups -OCH3 is 1. The number of alkyl halides is 3. The van der Waals surface area contributed by atoms with Gasteiger partial charge < -0.3 is 25.1 Å². The van der Waals surface area contributed by atoms with Crippen molar-refractivity contribution in [3.8, 4) is 17.2 Å².